The van der Waals surface area contributed by atoms with E-state index in [1.165, 1.54) is 11.1 Å². The van der Waals surface area contributed by atoms with Crippen LogP contribution in [0, 0.1) is 13.8 Å². The molecule has 1 heterocycles. The Morgan fingerprint density at radius 3 is 2.43 bits per heavy atom. The number of rotatable bonds is 3. The molecule has 3 nitrogen and oxygen atoms in total. The number of nitrogens with two attached hydrogens (primary N) is 1. The molecule has 0 saturated heterocycles. The van der Waals surface area contributed by atoms with Crippen molar-refractivity contribution in [2.75, 3.05) is 0 Å². The van der Waals surface area contributed by atoms with Gasteiger partial charge in [0.25, 0.3) is 0 Å². The number of benzene rings is 1. The number of hydrogen-bond acceptors (Lipinski definition) is 3. The van der Waals surface area contributed by atoms with Crippen molar-refractivity contribution in [3.05, 3.63) is 52.7 Å². The molecule has 0 fully saturated rings. The molecule has 0 radical (unpaired) electrons. The van der Waals surface area contributed by atoms with E-state index in [4.69, 9.17) is 10.5 Å². The first kappa shape index (κ1) is 15.5. The maximum atomic E-state index is 6.05. The second-order valence-corrected chi connectivity index (χ2v) is 6.51. The van der Waals surface area contributed by atoms with Gasteiger partial charge in [-0.2, -0.15) is 0 Å². The fraction of sp³-hybridized carbons (Fsp3) is 0.389. The molecule has 0 atom stereocenters. The summed E-state index contributed by atoms with van der Waals surface area (Å²) in [5.74, 6) is 1.46. The topological polar surface area (TPSA) is 48.1 Å². The van der Waals surface area contributed by atoms with Crippen molar-refractivity contribution in [2.24, 2.45) is 5.73 Å². The fourth-order valence-corrected chi connectivity index (χ4v) is 2.31. The summed E-state index contributed by atoms with van der Waals surface area (Å²) >= 11 is 0. The Hall–Kier alpha value is -1.87. The maximum absolute atomic E-state index is 6.05. The van der Waals surface area contributed by atoms with Crippen LogP contribution in [0.4, 0.5) is 0 Å². The SMILES string of the molecule is Cc1ccc(Oc2cc(CN)cc(C)n2)c(C(C)(C)C)c1. The molecule has 0 bridgehead atoms. The van der Waals surface area contributed by atoms with Crippen molar-refractivity contribution in [3.63, 3.8) is 0 Å². The van der Waals surface area contributed by atoms with Gasteiger partial charge in [-0.25, -0.2) is 4.98 Å². The minimum absolute atomic E-state index is 0.0157. The highest BCUT2D eigenvalue weighted by atomic mass is 16.5. The largest absolute Gasteiger partial charge is 0.439 e. The van der Waals surface area contributed by atoms with Crippen LogP contribution in [0.2, 0.25) is 0 Å². The van der Waals surface area contributed by atoms with E-state index in [0.29, 0.717) is 12.4 Å². The number of nitrogens with zero attached hydrogens (tertiary/aromatic N) is 1. The lowest BCUT2D eigenvalue weighted by molar-refractivity contribution is 0.438. The van der Waals surface area contributed by atoms with Crippen molar-refractivity contribution in [1.29, 1.82) is 0 Å². The average Bonchev–Trinajstić information content (AvgIpc) is 2.39. The molecule has 0 spiro atoms. The molecule has 112 valence electrons. The summed E-state index contributed by atoms with van der Waals surface area (Å²) in [6.07, 6.45) is 0. The quantitative estimate of drug-likeness (QED) is 0.916. The first-order valence-corrected chi connectivity index (χ1v) is 7.26. The molecule has 0 aliphatic carbocycles. The Labute approximate surface area is 127 Å². The highest BCUT2D eigenvalue weighted by Crippen LogP contribution is 2.34. The Kier molecular flexibility index (Phi) is 4.33. The smallest absolute Gasteiger partial charge is 0.219 e. The molecule has 3 heteroatoms. The highest BCUT2D eigenvalue weighted by Gasteiger charge is 2.20. The first-order chi connectivity index (χ1) is 9.79. The summed E-state index contributed by atoms with van der Waals surface area (Å²) in [7, 11) is 0. The van der Waals surface area contributed by atoms with Gasteiger partial charge in [0.2, 0.25) is 5.88 Å². The predicted octanol–water partition coefficient (Wildman–Crippen LogP) is 4.25. The normalized spacial score (nSPS) is 11.5. The Bertz CT molecular complexity index is 642. The molecule has 1 aromatic heterocycles. The number of hydrogen-bond donors (Lipinski definition) is 1. The summed E-state index contributed by atoms with van der Waals surface area (Å²) in [5, 5.41) is 0. The summed E-state index contributed by atoms with van der Waals surface area (Å²) in [6.45, 7) is 11.1. The van der Waals surface area contributed by atoms with Gasteiger partial charge in [-0.3, -0.25) is 0 Å². The van der Waals surface area contributed by atoms with Gasteiger partial charge in [-0.1, -0.05) is 38.5 Å². The molecule has 0 aliphatic rings. The van der Waals surface area contributed by atoms with Crippen LogP contribution in [0.5, 0.6) is 11.6 Å². The van der Waals surface area contributed by atoms with Gasteiger partial charge >= 0.3 is 0 Å². The van der Waals surface area contributed by atoms with Gasteiger partial charge < -0.3 is 10.5 Å². The highest BCUT2D eigenvalue weighted by molar-refractivity contribution is 5.43. The molecule has 0 unspecified atom stereocenters. The Balaban J connectivity index is 2.42. The third kappa shape index (κ3) is 3.82. The minimum Gasteiger partial charge on any atom is -0.439 e. The zero-order chi connectivity index (χ0) is 15.6. The zero-order valence-electron chi connectivity index (χ0n) is 13.5. The zero-order valence-corrected chi connectivity index (χ0v) is 13.5. The molecular weight excluding hydrogens is 260 g/mol. The van der Waals surface area contributed by atoms with Crippen molar-refractivity contribution in [1.82, 2.24) is 4.98 Å². The third-order valence-electron chi connectivity index (χ3n) is 3.38. The summed E-state index contributed by atoms with van der Waals surface area (Å²) in [6, 6.07) is 10.1. The molecule has 1 aromatic carbocycles. The lowest BCUT2D eigenvalue weighted by Crippen LogP contribution is -2.13. The number of aryl methyl sites for hydroxylation is 2. The van der Waals surface area contributed by atoms with E-state index in [0.717, 1.165) is 17.0 Å². The molecule has 21 heavy (non-hydrogen) atoms. The van der Waals surface area contributed by atoms with Gasteiger partial charge in [0.1, 0.15) is 5.75 Å². The van der Waals surface area contributed by atoms with Crippen molar-refractivity contribution in [2.45, 2.75) is 46.6 Å². The fourth-order valence-electron chi connectivity index (χ4n) is 2.31. The van der Waals surface area contributed by atoms with Crippen LogP contribution in [-0.4, -0.2) is 4.98 Å². The van der Waals surface area contributed by atoms with E-state index < -0.39 is 0 Å². The number of pyridine rings is 1. The number of aromatic nitrogens is 1. The van der Waals surface area contributed by atoms with Gasteiger partial charge in [0.05, 0.1) is 0 Å². The monoisotopic (exact) mass is 284 g/mol. The van der Waals surface area contributed by atoms with E-state index in [-0.39, 0.29) is 5.41 Å². The van der Waals surface area contributed by atoms with Crippen LogP contribution in [0.1, 0.15) is 43.2 Å². The van der Waals surface area contributed by atoms with Crippen LogP contribution >= 0.6 is 0 Å². The Morgan fingerprint density at radius 1 is 1.10 bits per heavy atom. The van der Waals surface area contributed by atoms with E-state index in [1.54, 1.807) is 0 Å². The lowest BCUT2D eigenvalue weighted by atomic mass is 9.85. The van der Waals surface area contributed by atoms with E-state index in [2.05, 4.69) is 44.8 Å². The molecule has 0 amide bonds. The molecule has 2 aromatic rings. The van der Waals surface area contributed by atoms with Crippen molar-refractivity contribution < 1.29 is 4.74 Å². The van der Waals surface area contributed by atoms with Crippen LogP contribution in [-0.2, 0) is 12.0 Å². The predicted molar refractivity (Wildman–Crippen MR) is 86.8 cm³/mol. The van der Waals surface area contributed by atoms with Crippen LogP contribution < -0.4 is 10.5 Å². The van der Waals surface area contributed by atoms with Gasteiger partial charge in [0.15, 0.2) is 0 Å². The maximum Gasteiger partial charge on any atom is 0.219 e. The van der Waals surface area contributed by atoms with Gasteiger partial charge in [0, 0.05) is 23.9 Å². The number of ether oxygens (including phenoxy) is 1. The van der Waals surface area contributed by atoms with E-state index >= 15 is 0 Å². The second-order valence-electron chi connectivity index (χ2n) is 6.51. The standard InChI is InChI=1S/C18H24N2O/c1-12-6-7-16(15(8-12)18(3,4)5)21-17-10-14(11-19)9-13(2)20-17/h6-10H,11,19H2,1-5H3. The van der Waals surface area contributed by atoms with Crippen LogP contribution in [0.25, 0.3) is 0 Å². The van der Waals surface area contributed by atoms with Crippen LogP contribution in [0.15, 0.2) is 30.3 Å². The second kappa shape index (κ2) is 5.86. The molecular formula is C18H24N2O. The molecule has 2 N–H and O–H groups in total. The minimum atomic E-state index is 0.0157. The van der Waals surface area contributed by atoms with Gasteiger partial charge in [-0.15, -0.1) is 0 Å². The van der Waals surface area contributed by atoms with E-state index in [1.807, 2.05) is 25.1 Å². The molecule has 0 saturated carbocycles. The summed E-state index contributed by atoms with van der Waals surface area (Å²) < 4.78 is 6.05. The third-order valence-corrected chi connectivity index (χ3v) is 3.38. The molecule has 0 aliphatic heterocycles. The average molecular weight is 284 g/mol. The van der Waals surface area contributed by atoms with Gasteiger partial charge in [-0.05, 0) is 37.0 Å². The Morgan fingerprint density at radius 2 is 1.81 bits per heavy atom. The van der Waals surface area contributed by atoms with Crippen molar-refractivity contribution >= 4 is 0 Å². The summed E-state index contributed by atoms with van der Waals surface area (Å²) in [5.41, 5.74) is 10.1. The summed E-state index contributed by atoms with van der Waals surface area (Å²) in [4.78, 5) is 4.44. The lowest BCUT2D eigenvalue weighted by Gasteiger charge is -2.23. The van der Waals surface area contributed by atoms with Crippen molar-refractivity contribution in [3.8, 4) is 11.6 Å². The van der Waals surface area contributed by atoms with E-state index in [9.17, 15) is 0 Å². The van der Waals surface area contributed by atoms with Crippen LogP contribution in [0.3, 0.4) is 0 Å². The molecule has 2 rings (SSSR count). The first-order valence-electron chi connectivity index (χ1n) is 7.26.